The van der Waals surface area contributed by atoms with Crippen LogP contribution in [-0.2, 0) is 4.79 Å². The molecular weight excluding hydrogens is 300 g/mol. The number of hydrogen-bond acceptors (Lipinski definition) is 4. The molecule has 0 spiro atoms. The van der Waals surface area contributed by atoms with Crippen molar-refractivity contribution in [2.75, 3.05) is 18.4 Å². The smallest absolute Gasteiger partial charge is 0.245 e. The SMILES string of the molecule is C=CC(=O)N1CCC[C@H](c2ccnc(Nc3ncccc3C)c2)C1. The number of likely N-dealkylation sites (tertiary alicyclic amines) is 1. The maximum absolute atomic E-state index is 11.9. The van der Waals surface area contributed by atoms with E-state index < -0.39 is 0 Å². The van der Waals surface area contributed by atoms with Crippen molar-refractivity contribution in [1.29, 1.82) is 0 Å². The highest BCUT2D eigenvalue weighted by atomic mass is 16.2. The number of aryl methyl sites for hydroxylation is 1. The molecule has 1 saturated heterocycles. The van der Waals surface area contributed by atoms with Gasteiger partial charge in [-0.05, 0) is 55.2 Å². The van der Waals surface area contributed by atoms with Crippen LogP contribution in [0.1, 0.15) is 29.9 Å². The molecule has 5 nitrogen and oxygen atoms in total. The van der Waals surface area contributed by atoms with Crippen molar-refractivity contribution in [3.63, 3.8) is 0 Å². The molecule has 2 aromatic heterocycles. The Kier molecular flexibility index (Phi) is 4.89. The van der Waals surface area contributed by atoms with Crippen LogP contribution in [0.4, 0.5) is 11.6 Å². The summed E-state index contributed by atoms with van der Waals surface area (Å²) in [6, 6.07) is 8.01. The molecular formula is C19H22N4O. The van der Waals surface area contributed by atoms with E-state index >= 15 is 0 Å². The Balaban J connectivity index is 1.76. The largest absolute Gasteiger partial charge is 0.339 e. The van der Waals surface area contributed by atoms with E-state index in [1.165, 1.54) is 11.6 Å². The second kappa shape index (κ2) is 7.25. The van der Waals surface area contributed by atoms with Crippen LogP contribution in [0.15, 0.2) is 49.3 Å². The molecule has 5 heteroatoms. The lowest BCUT2D eigenvalue weighted by molar-refractivity contribution is -0.127. The summed E-state index contributed by atoms with van der Waals surface area (Å²) in [4.78, 5) is 22.5. The zero-order valence-electron chi connectivity index (χ0n) is 13.9. The van der Waals surface area contributed by atoms with Crippen molar-refractivity contribution < 1.29 is 4.79 Å². The number of nitrogens with one attached hydrogen (secondary N) is 1. The number of rotatable bonds is 4. The van der Waals surface area contributed by atoms with Gasteiger partial charge in [0.1, 0.15) is 11.6 Å². The van der Waals surface area contributed by atoms with Gasteiger partial charge >= 0.3 is 0 Å². The van der Waals surface area contributed by atoms with Crippen molar-refractivity contribution in [1.82, 2.24) is 14.9 Å². The number of carbonyl (C=O) groups excluding carboxylic acids is 1. The van der Waals surface area contributed by atoms with Crippen LogP contribution >= 0.6 is 0 Å². The van der Waals surface area contributed by atoms with Gasteiger partial charge in [-0.1, -0.05) is 12.6 Å². The normalized spacial score (nSPS) is 17.4. The number of piperidine rings is 1. The molecule has 0 unspecified atom stereocenters. The van der Waals surface area contributed by atoms with Crippen LogP contribution in [0.5, 0.6) is 0 Å². The van der Waals surface area contributed by atoms with Crippen LogP contribution in [0.3, 0.4) is 0 Å². The first kappa shape index (κ1) is 16.2. The standard InChI is InChI=1S/C19H22N4O/c1-3-18(24)23-11-5-7-16(13-23)15-8-10-20-17(12-15)22-19-14(2)6-4-9-21-19/h3-4,6,8-10,12,16H,1,5,7,11,13H2,2H3,(H,20,21,22)/t16-/m0/s1. The Labute approximate surface area is 142 Å². The van der Waals surface area contributed by atoms with Gasteiger partial charge in [0, 0.05) is 31.4 Å². The lowest BCUT2D eigenvalue weighted by Gasteiger charge is -2.32. The van der Waals surface area contributed by atoms with Crippen molar-refractivity contribution in [3.05, 3.63) is 60.4 Å². The van der Waals surface area contributed by atoms with Crippen LogP contribution in [0.25, 0.3) is 0 Å². The second-order valence-electron chi connectivity index (χ2n) is 6.10. The molecule has 24 heavy (non-hydrogen) atoms. The van der Waals surface area contributed by atoms with E-state index in [0.717, 1.165) is 43.1 Å². The summed E-state index contributed by atoms with van der Waals surface area (Å²) < 4.78 is 0. The van der Waals surface area contributed by atoms with Gasteiger partial charge in [0.05, 0.1) is 0 Å². The zero-order chi connectivity index (χ0) is 16.9. The number of anilines is 2. The minimum Gasteiger partial charge on any atom is -0.339 e. The number of nitrogens with zero attached hydrogens (tertiary/aromatic N) is 3. The monoisotopic (exact) mass is 322 g/mol. The Bertz CT molecular complexity index is 744. The molecule has 3 heterocycles. The summed E-state index contributed by atoms with van der Waals surface area (Å²) in [7, 11) is 0. The maximum Gasteiger partial charge on any atom is 0.245 e. The summed E-state index contributed by atoms with van der Waals surface area (Å²) in [5.74, 6) is 1.93. The highest BCUT2D eigenvalue weighted by Crippen LogP contribution is 2.28. The van der Waals surface area contributed by atoms with Gasteiger partial charge in [0.15, 0.2) is 0 Å². The van der Waals surface area contributed by atoms with E-state index in [0.29, 0.717) is 5.92 Å². The Hall–Kier alpha value is -2.69. The lowest BCUT2D eigenvalue weighted by atomic mass is 9.91. The lowest BCUT2D eigenvalue weighted by Crippen LogP contribution is -2.38. The fourth-order valence-corrected chi connectivity index (χ4v) is 3.09. The summed E-state index contributed by atoms with van der Waals surface area (Å²) in [5.41, 5.74) is 2.27. The Morgan fingerprint density at radius 3 is 3.04 bits per heavy atom. The summed E-state index contributed by atoms with van der Waals surface area (Å²) >= 11 is 0. The molecule has 0 saturated carbocycles. The third kappa shape index (κ3) is 3.62. The number of hydrogen-bond donors (Lipinski definition) is 1. The minimum absolute atomic E-state index is 0.0104. The van der Waals surface area contributed by atoms with Gasteiger partial charge in [-0.3, -0.25) is 4.79 Å². The molecule has 1 atom stereocenters. The first-order valence-electron chi connectivity index (χ1n) is 8.23. The third-order valence-electron chi connectivity index (χ3n) is 4.42. The number of amides is 1. The maximum atomic E-state index is 11.9. The molecule has 1 N–H and O–H groups in total. The molecule has 1 aliphatic heterocycles. The topological polar surface area (TPSA) is 58.1 Å². The molecule has 1 amide bonds. The van der Waals surface area contributed by atoms with Gasteiger partial charge in [-0.2, -0.15) is 0 Å². The fourth-order valence-electron chi connectivity index (χ4n) is 3.09. The minimum atomic E-state index is 0.0104. The molecule has 3 rings (SSSR count). The molecule has 2 aromatic rings. The highest BCUT2D eigenvalue weighted by molar-refractivity contribution is 5.87. The quantitative estimate of drug-likeness (QED) is 0.876. The van der Waals surface area contributed by atoms with Crippen LogP contribution in [0.2, 0.25) is 0 Å². The molecule has 1 fully saturated rings. The van der Waals surface area contributed by atoms with Gasteiger partial charge in [-0.15, -0.1) is 0 Å². The Morgan fingerprint density at radius 1 is 1.38 bits per heavy atom. The number of pyridine rings is 2. The molecule has 1 aliphatic rings. The molecule has 0 radical (unpaired) electrons. The summed E-state index contributed by atoms with van der Waals surface area (Å²) in [6.07, 6.45) is 7.05. The summed E-state index contributed by atoms with van der Waals surface area (Å²) in [5, 5.41) is 3.28. The van der Waals surface area contributed by atoms with E-state index in [9.17, 15) is 4.79 Å². The van der Waals surface area contributed by atoms with E-state index in [2.05, 4.69) is 27.9 Å². The van der Waals surface area contributed by atoms with Gasteiger partial charge in [0.25, 0.3) is 0 Å². The first-order chi connectivity index (χ1) is 11.7. The van der Waals surface area contributed by atoms with Crippen molar-refractivity contribution in [3.8, 4) is 0 Å². The fraction of sp³-hybridized carbons (Fsp3) is 0.316. The molecule has 0 bridgehead atoms. The van der Waals surface area contributed by atoms with Crippen molar-refractivity contribution >= 4 is 17.5 Å². The zero-order valence-corrected chi connectivity index (χ0v) is 13.9. The third-order valence-corrected chi connectivity index (χ3v) is 4.42. The highest BCUT2D eigenvalue weighted by Gasteiger charge is 2.23. The van der Waals surface area contributed by atoms with Crippen LogP contribution in [0, 0.1) is 6.92 Å². The average molecular weight is 322 g/mol. The van der Waals surface area contributed by atoms with Gasteiger partial charge < -0.3 is 10.2 Å². The van der Waals surface area contributed by atoms with Crippen LogP contribution in [-0.4, -0.2) is 33.9 Å². The van der Waals surface area contributed by atoms with Crippen molar-refractivity contribution in [2.45, 2.75) is 25.7 Å². The average Bonchev–Trinajstić information content (AvgIpc) is 2.63. The summed E-state index contributed by atoms with van der Waals surface area (Å²) in [6.45, 7) is 7.14. The van der Waals surface area contributed by atoms with E-state index in [-0.39, 0.29) is 5.91 Å². The number of aromatic nitrogens is 2. The predicted molar refractivity (Wildman–Crippen MR) is 95.2 cm³/mol. The number of carbonyl (C=O) groups is 1. The van der Waals surface area contributed by atoms with E-state index in [4.69, 9.17) is 0 Å². The molecule has 124 valence electrons. The van der Waals surface area contributed by atoms with E-state index in [1.807, 2.05) is 36.2 Å². The molecule has 0 aromatic carbocycles. The van der Waals surface area contributed by atoms with Gasteiger partial charge in [-0.25, -0.2) is 9.97 Å². The molecule has 0 aliphatic carbocycles. The Morgan fingerprint density at radius 2 is 2.25 bits per heavy atom. The van der Waals surface area contributed by atoms with Gasteiger partial charge in [0.2, 0.25) is 5.91 Å². The second-order valence-corrected chi connectivity index (χ2v) is 6.10. The van der Waals surface area contributed by atoms with Crippen molar-refractivity contribution in [2.24, 2.45) is 0 Å². The predicted octanol–water partition coefficient (Wildman–Crippen LogP) is 3.42. The van der Waals surface area contributed by atoms with Crippen LogP contribution < -0.4 is 5.32 Å². The first-order valence-corrected chi connectivity index (χ1v) is 8.23. The van der Waals surface area contributed by atoms with E-state index in [1.54, 1.807) is 6.20 Å².